The van der Waals surface area contributed by atoms with Crippen molar-refractivity contribution in [2.75, 3.05) is 7.11 Å². The van der Waals surface area contributed by atoms with Gasteiger partial charge in [0, 0.05) is 18.5 Å². The molecule has 1 N–H and O–H groups in total. The van der Waals surface area contributed by atoms with Gasteiger partial charge < -0.3 is 15.0 Å². The summed E-state index contributed by atoms with van der Waals surface area (Å²) in [7, 11) is 1.62. The van der Waals surface area contributed by atoms with E-state index in [1.807, 2.05) is 107 Å². The number of carbonyl (C=O) groups excluding carboxylic acids is 2. The van der Waals surface area contributed by atoms with Crippen LogP contribution in [0.2, 0.25) is 0 Å². The average Bonchev–Trinajstić information content (AvgIpc) is 2.82. The van der Waals surface area contributed by atoms with Gasteiger partial charge in [0.2, 0.25) is 11.8 Å². The molecule has 0 radical (unpaired) electrons. The van der Waals surface area contributed by atoms with Crippen LogP contribution in [0.25, 0.3) is 0 Å². The number of hydrogen-bond donors (Lipinski definition) is 1. The number of benzene rings is 3. The Labute approximate surface area is 209 Å². The van der Waals surface area contributed by atoms with Gasteiger partial charge >= 0.3 is 0 Å². The minimum absolute atomic E-state index is 0.0965. The van der Waals surface area contributed by atoms with Gasteiger partial charge in [-0.25, -0.2) is 0 Å². The average molecular weight is 473 g/mol. The molecule has 0 bridgehead atoms. The zero-order valence-corrected chi connectivity index (χ0v) is 21.4. The summed E-state index contributed by atoms with van der Waals surface area (Å²) < 4.78 is 5.24. The predicted octanol–water partition coefficient (Wildman–Crippen LogP) is 5.10. The molecule has 1 atom stereocenters. The number of nitrogens with one attached hydrogen (secondary N) is 1. The molecule has 0 heterocycles. The summed E-state index contributed by atoms with van der Waals surface area (Å²) in [5, 5.41) is 3.10. The third kappa shape index (κ3) is 7.99. The highest BCUT2D eigenvalue weighted by atomic mass is 16.5. The number of nitrogens with zero attached hydrogens (tertiary/aromatic N) is 1. The number of amides is 2. The van der Waals surface area contributed by atoms with Crippen LogP contribution >= 0.6 is 0 Å². The summed E-state index contributed by atoms with van der Waals surface area (Å²) in [6.45, 7) is 8.24. The van der Waals surface area contributed by atoms with E-state index in [4.69, 9.17) is 4.74 Å². The Morgan fingerprint density at radius 1 is 0.857 bits per heavy atom. The summed E-state index contributed by atoms with van der Waals surface area (Å²) in [6.07, 6.45) is 0.632. The molecule has 0 fully saturated rings. The van der Waals surface area contributed by atoms with Crippen molar-refractivity contribution in [1.82, 2.24) is 10.2 Å². The Morgan fingerprint density at radius 3 is 2.03 bits per heavy atom. The van der Waals surface area contributed by atoms with E-state index in [0.29, 0.717) is 13.0 Å². The number of ether oxygens (including phenoxy) is 1. The lowest BCUT2D eigenvalue weighted by Gasteiger charge is -2.34. The fourth-order valence-corrected chi connectivity index (χ4v) is 3.92. The predicted molar refractivity (Wildman–Crippen MR) is 140 cm³/mol. The van der Waals surface area contributed by atoms with E-state index < -0.39 is 11.6 Å². The lowest BCUT2D eigenvalue weighted by molar-refractivity contribution is -0.141. The molecule has 2 amide bonds. The molecule has 0 spiro atoms. The number of aryl methyl sites for hydroxylation is 1. The summed E-state index contributed by atoms with van der Waals surface area (Å²) in [5.41, 5.74) is 3.60. The highest BCUT2D eigenvalue weighted by Gasteiger charge is 2.32. The van der Waals surface area contributed by atoms with Gasteiger partial charge in [-0.05, 0) is 56.5 Å². The monoisotopic (exact) mass is 472 g/mol. The van der Waals surface area contributed by atoms with Crippen LogP contribution in [0.4, 0.5) is 0 Å². The highest BCUT2D eigenvalue weighted by Crippen LogP contribution is 2.19. The molecule has 3 aromatic carbocycles. The molecule has 184 valence electrons. The molecule has 35 heavy (non-hydrogen) atoms. The van der Waals surface area contributed by atoms with Gasteiger partial charge in [-0.3, -0.25) is 9.59 Å². The van der Waals surface area contributed by atoms with E-state index in [1.54, 1.807) is 12.0 Å². The van der Waals surface area contributed by atoms with Crippen molar-refractivity contribution in [3.05, 3.63) is 101 Å². The van der Waals surface area contributed by atoms with E-state index in [9.17, 15) is 9.59 Å². The fourth-order valence-electron chi connectivity index (χ4n) is 3.92. The number of rotatable bonds is 9. The molecule has 5 nitrogen and oxygen atoms in total. The van der Waals surface area contributed by atoms with Gasteiger partial charge in [0.25, 0.3) is 0 Å². The second kappa shape index (κ2) is 11.7. The van der Waals surface area contributed by atoms with Crippen molar-refractivity contribution in [2.45, 2.75) is 58.7 Å². The molecule has 0 aliphatic rings. The van der Waals surface area contributed by atoms with Crippen LogP contribution in [-0.2, 0) is 29.0 Å². The Hall–Kier alpha value is -3.60. The summed E-state index contributed by atoms with van der Waals surface area (Å²) in [6, 6.07) is 24.8. The minimum Gasteiger partial charge on any atom is -0.497 e. The Morgan fingerprint density at radius 2 is 1.46 bits per heavy atom. The van der Waals surface area contributed by atoms with Crippen LogP contribution in [0.1, 0.15) is 43.0 Å². The van der Waals surface area contributed by atoms with Crippen molar-refractivity contribution < 1.29 is 14.3 Å². The van der Waals surface area contributed by atoms with E-state index in [-0.39, 0.29) is 18.2 Å². The van der Waals surface area contributed by atoms with Gasteiger partial charge in [0.1, 0.15) is 11.8 Å². The van der Waals surface area contributed by atoms with Crippen molar-refractivity contribution in [3.63, 3.8) is 0 Å². The molecule has 0 aromatic heterocycles. The minimum atomic E-state index is -0.649. The molecule has 3 aromatic rings. The molecule has 0 saturated heterocycles. The van der Waals surface area contributed by atoms with Gasteiger partial charge in [0.15, 0.2) is 0 Å². The summed E-state index contributed by atoms with van der Waals surface area (Å²) in [4.78, 5) is 29.0. The van der Waals surface area contributed by atoms with E-state index in [2.05, 4.69) is 5.32 Å². The van der Waals surface area contributed by atoms with Crippen LogP contribution < -0.4 is 10.1 Å². The zero-order valence-electron chi connectivity index (χ0n) is 21.4. The van der Waals surface area contributed by atoms with Crippen molar-refractivity contribution in [2.24, 2.45) is 0 Å². The molecule has 0 aliphatic carbocycles. The Balaban J connectivity index is 1.96. The van der Waals surface area contributed by atoms with E-state index in [0.717, 1.165) is 28.0 Å². The Kier molecular flexibility index (Phi) is 8.69. The molecular weight excluding hydrogens is 436 g/mol. The van der Waals surface area contributed by atoms with Crippen LogP contribution in [-0.4, -0.2) is 35.4 Å². The quantitative estimate of drug-likeness (QED) is 0.471. The molecular formula is C30H36N2O3. The molecule has 5 heteroatoms. The van der Waals surface area contributed by atoms with Crippen LogP contribution in [0, 0.1) is 6.92 Å². The molecule has 3 rings (SSSR count). The van der Waals surface area contributed by atoms with Crippen molar-refractivity contribution >= 4 is 11.8 Å². The van der Waals surface area contributed by atoms with Gasteiger partial charge in [-0.15, -0.1) is 0 Å². The normalized spacial score (nSPS) is 12.0. The zero-order chi connectivity index (χ0) is 25.4. The van der Waals surface area contributed by atoms with E-state index in [1.165, 1.54) is 0 Å². The first-order valence-corrected chi connectivity index (χ1v) is 12.0. The van der Waals surface area contributed by atoms with Gasteiger partial charge in [-0.1, -0.05) is 72.3 Å². The number of carbonyl (C=O) groups is 2. The molecule has 0 unspecified atom stereocenters. The Bertz CT molecular complexity index is 1100. The van der Waals surface area contributed by atoms with Crippen molar-refractivity contribution in [1.29, 1.82) is 0 Å². The highest BCUT2D eigenvalue weighted by molar-refractivity contribution is 5.89. The third-order valence-electron chi connectivity index (χ3n) is 5.76. The largest absolute Gasteiger partial charge is 0.497 e. The lowest BCUT2D eigenvalue weighted by atomic mass is 9.99. The lowest BCUT2D eigenvalue weighted by Crippen LogP contribution is -2.54. The SMILES string of the molecule is COc1ccc(CC(=O)N(Cc2ccc(C)cc2)[C@@H](Cc2ccccc2)C(=O)NC(C)(C)C)cc1. The van der Waals surface area contributed by atoms with E-state index >= 15 is 0 Å². The smallest absolute Gasteiger partial charge is 0.243 e. The summed E-state index contributed by atoms with van der Waals surface area (Å²) >= 11 is 0. The maximum absolute atomic E-state index is 13.8. The van der Waals surface area contributed by atoms with Crippen molar-refractivity contribution in [3.8, 4) is 5.75 Å². The number of hydrogen-bond acceptors (Lipinski definition) is 3. The summed E-state index contributed by atoms with van der Waals surface area (Å²) in [5.74, 6) is 0.487. The van der Waals surface area contributed by atoms with Crippen LogP contribution in [0.5, 0.6) is 5.75 Å². The first-order valence-electron chi connectivity index (χ1n) is 12.0. The second-order valence-electron chi connectivity index (χ2n) is 9.98. The fraction of sp³-hybridized carbons (Fsp3) is 0.333. The van der Waals surface area contributed by atoms with Crippen LogP contribution in [0.15, 0.2) is 78.9 Å². The molecule has 0 saturated carbocycles. The maximum Gasteiger partial charge on any atom is 0.243 e. The van der Waals surface area contributed by atoms with Gasteiger partial charge in [0.05, 0.1) is 13.5 Å². The standard InChI is InChI=1S/C30H36N2O3/c1-22-11-13-25(14-12-22)21-32(28(33)20-24-15-17-26(35-5)18-16-24)27(29(34)31-30(2,3)4)19-23-9-7-6-8-10-23/h6-18,27H,19-21H2,1-5H3,(H,31,34)/t27-/m0/s1. The first kappa shape index (κ1) is 26.0. The second-order valence-corrected chi connectivity index (χ2v) is 9.98. The molecule has 0 aliphatic heterocycles. The third-order valence-corrected chi connectivity index (χ3v) is 5.76. The maximum atomic E-state index is 13.8. The first-order chi connectivity index (χ1) is 16.6. The van der Waals surface area contributed by atoms with Crippen LogP contribution in [0.3, 0.4) is 0 Å². The van der Waals surface area contributed by atoms with Gasteiger partial charge in [-0.2, -0.15) is 0 Å². The topological polar surface area (TPSA) is 58.6 Å². The number of methoxy groups -OCH3 is 1.